The fourth-order valence-corrected chi connectivity index (χ4v) is 6.29. The number of aryl methyl sites for hydroxylation is 1. The molecule has 0 spiro atoms. The molecule has 1 unspecified atom stereocenters. The Morgan fingerprint density at radius 1 is 0.838 bits per heavy atom. The van der Waals surface area contributed by atoms with E-state index in [1.165, 1.54) is 61.7 Å². The smallest absolute Gasteiger partial charge is 0.165 e. The number of hydrogen-bond donors (Lipinski definition) is 0. The van der Waals surface area contributed by atoms with Crippen molar-refractivity contribution in [3.05, 3.63) is 88.2 Å². The van der Waals surface area contributed by atoms with Crippen LogP contribution in [0.2, 0.25) is 0 Å². The van der Waals surface area contributed by atoms with Crippen LogP contribution in [-0.2, 0) is 6.42 Å². The van der Waals surface area contributed by atoms with Crippen molar-refractivity contribution in [1.29, 1.82) is 0 Å². The third-order valence-corrected chi connectivity index (χ3v) is 8.16. The Morgan fingerprint density at radius 3 is 2.38 bits per heavy atom. The zero-order valence-corrected chi connectivity index (χ0v) is 21.7. The van der Waals surface area contributed by atoms with Gasteiger partial charge in [0.25, 0.3) is 0 Å². The van der Waals surface area contributed by atoms with Crippen LogP contribution in [0.4, 0.5) is 4.39 Å². The second-order valence-corrected chi connectivity index (χ2v) is 10.2. The van der Waals surface area contributed by atoms with E-state index in [4.69, 9.17) is 14.2 Å². The number of fused-ring (bicyclic) bond motifs is 4. The van der Waals surface area contributed by atoms with Gasteiger partial charge in [-0.05, 0) is 114 Å². The molecule has 6 rings (SSSR count). The van der Waals surface area contributed by atoms with Gasteiger partial charge in [0, 0.05) is 12.5 Å². The summed E-state index contributed by atoms with van der Waals surface area (Å²) in [4.78, 5) is 2.49. The van der Waals surface area contributed by atoms with Crippen LogP contribution in [0.3, 0.4) is 0 Å². The molecule has 37 heavy (non-hydrogen) atoms. The SMILES string of the molecule is COc1ccc2c(c1)CCC1=C2C(c2ccc(OCCN3CCCCC3)cc2)c2cc(F)c(OC)cc21. The van der Waals surface area contributed by atoms with Crippen LogP contribution >= 0.6 is 0 Å². The van der Waals surface area contributed by atoms with E-state index in [2.05, 4.69) is 41.3 Å². The molecule has 3 aromatic carbocycles. The summed E-state index contributed by atoms with van der Waals surface area (Å²) in [7, 11) is 3.23. The number of halogens is 1. The minimum absolute atomic E-state index is 0.0414. The lowest BCUT2D eigenvalue weighted by Gasteiger charge is -2.26. The molecule has 3 aliphatic rings. The Morgan fingerprint density at radius 2 is 1.62 bits per heavy atom. The minimum Gasteiger partial charge on any atom is -0.497 e. The van der Waals surface area contributed by atoms with Gasteiger partial charge in [0.1, 0.15) is 18.1 Å². The first-order valence-electron chi connectivity index (χ1n) is 13.4. The molecule has 192 valence electrons. The molecular weight excluding hydrogens is 465 g/mol. The summed E-state index contributed by atoms with van der Waals surface area (Å²) in [5, 5.41) is 0. The zero-order chi connectivity index (χ0) is 25.4. The maximum absolute atomic E-state index is 15.0. The summed E-state index contributed by atoms with van der Waals surface area (Å²) in [6, 6.07) is 18.3. The van der Waals surface area contributed by atoms with Crippen molar-refractivity contribution in [2.75, 3.05) is 40.5 Å². The van der Waals surface area contributed by atoms with Crippen molar-refractivity contribution in [2.24, 2.45) is 0 Å². The van der Waals surface area contributed by atoms with E-state index in [0.29, 0.717) is 12.4 Å². The van der Waals surface area contributed by atoms with Crippen LogP contribution in [0.5, 0.6) is 17.2 Å². The summed E-state index contributed by atoms with van der Waals surface area (Å²) in [6.07, 6.45) is 5.76. The molecule has 3 aromatic rings. The molecule has 1 fully saturated rings. The van der Waals surface area contributed by atoms with Crippen molar-refractivity contribution >= 4 is 11.1 Å². The van der Waals surface area contributed by atoms with Crippen molar-refractivity contribution in [3.63, 3.8) is 0 Å². The number of piperidine rings is 1. The number of allylic oxidation sites excluding steroid dienone is 2. The Bertz CT molecular complexity index is 1320. The quantitative estimate of drug-likeness (QED) is 0.362. The predicted octanol–water partition coefficient (Wildman–Crippen LogP) is 6.71. The molecule has 0 aromatic heterocycles. The van der Waals surface area contributed by atoms with Crippen LogP contribution < -0.4 is 14.2 Å². The highest BCUT2D eigenvalue weighted by molar-refractivity contribution is 6.03. The highest BCUT2D eigenvalue weighted by atomic mass is 19.1. The van der Waals surface area contributed by atoms with Gasteiger partial charge in [0.2, 0.25) is 0 Å². The second-order valence-electron chi connectivity index (χ2n) is 10.2. The average Bonchev–Trinajstić information content (AvgIpc) is 3.26. The molecule has 1 saturated heterocycles. The molecule has 4 nitrogen and oxygen atoms in total. The molecule has 2 aliphatic carbocycles. The largest absolute Gasteiger partial charge is 0.497 e. The highest BCUT2D eigenvalue weighted by Gasteiger charge is 2.37. The van der Waals surface area contributed by atoms with E-state index < -0.39 is 0 Å². The number of ether oxygens (including phenoxy) is 3. The molecule has 5 heteroatoms. The average molecular weight is 500 g/mol. The topological polar surface area (TPSA) is 30.9 Å². The van der Waals surface area contributed by atoms with Crippen LogP contribution in [-0.4, -0.2) is 45.4 Å². The Labute approximate surface area is 218 Å². The molecule has 1 heterocycles. The zero-order valence-electron chi connectivity index (χ0n) is 21.7. The maximum Gasteiger partial charge on any atom is 0.165 e. The van der Waals surface area contributed by atoms with Crippen LogP contribution in [0.15, 0.2) is 54.6 Å². The number of methoxy groups -OCH3 is 2. The molecule has 0 radical (unpaired) electrons. The molecule has 0 bridgehead atoms. The normalized spacial score (nSPS) is 18.7. The lowest BCUT2D eigenvalue weighted by atomic mass is 9.79. The molecule has 1 atom stereocenters. The monoisotopic (exact) mass is 499 g/mol. The van der Waals surface area contributed by atoms with E-state index in [1.54, 1.807) is 13.2 Å². The van der Waals surface area contributed by atoms with Gasteiger partial charge in [-0.15, -0.1) is 0 Å². The number of rotatable bonds is 7. The van der Waals surface area contributed by atoms with Gasteiger partial charge in [-0.25, -0.2) is 4.39 Å². The van der Waals surface area contributed by atoms with Gasteiger partial charge >= 0.3 is 0 Å². The first-order valence-corrected chi connectivity index (χ1v) is 13.4. The Balaban J connectivity index is 1.32. The van der Waals surface area contributed by atoms with Crippen LogP contribution in [0.25, 0.3) is 11.1 Å². The summed E-state index contributed by atoms with van der Waals surface area (Å²) >= 11 is 0. The van der Waals surface area contributed by atoms with Gasteiger partial charge in [-0.2, -0.15) is 0 Å². The fraction of sp³-hybridized carbons (Fsp3) is 0.375. The number of likely N-dealkylation sites (tertiary alicyclic amines) is 1. The first kappa shape index (κ1) is 24.1. The lowest BCUT2D eigenvalue weighted by molar-refractivity contribution is 0.183. The molecule has 1 aliphatic heterocycles. The number of benzene rings is 3. The molecule has 0 N–H and O–H groups in total. The van der Waals surface area contributed by atoms with Gasteiger partial charge in [-0.3, -0.25) is 4.90 Å². The van der Waals surface area contributed by atoms with E-state index in [9.17, 15) is 4.39 Å². The van der Waals surface area contributed by atoms with Crippen LogP contribution in [0, 0.1) is 5.82 Å². The standard InChI is InChI=1S/C32H34FNO3/c1-35-24-11-13-25-22(18-24)8-12-26-27-20-30(36-2)29(33)19-28(27)31(32(25)26)21-6-9-23(10-7-21)37-17-16-34-14-4-3-5-15-34/h6-7,9-11,13,18-20,31H,3-5,8,12,14-17H2,1-2H3. The summed E-state index contributed by atoms with van der Waals surface area (Å²) in [5.41, 5.74) is 8.31. The van der Waals surface area contributed by atoms with Gasteiger partial charge < -0.3 is 14.2 Å². The fourth-order valence-electron chi connectivity index (χ4n) is 6.29. The van der Waals surface area contributed by atoms with E-state index in [-0.39, 0.29) is 11.7 Å². The first-order chi connectivity index (χ1) is 18.2. The van der Waals surface area contributed by atoms with Crippen molar-refractivity contribution < 1.29 is 18.6 Å². The number of nitrogens with zero attached hydrogens (tertiary/aromatic N) is 1. The van der Waals surface area contributed by atoms with Gasteiger partial charge in [0.05, 0.1) is 14.2 Å². The number of hydrogen-bond acceptors (Lipinski definition) is 4. The van der Waals surface area contributed by atoms with E-state index in [0.717, 1.165) is 47.6 Å². The minimum atomic E-state index is -0.321. The summed E-state index contributed by atoms with van der Waals surface area (Å²) < 4.78 is 31.9. The Hall–Kier alpha value is -3.31. The van der Waals surface area contributed by atoms with Crippen LogP contribution in [0.1, 0.15) is 59.4 Å². The second kappa shape index (κ2) is 10.2. The van der Waals surface area contributed by atoms with Crippen molar-refractivity contribution in [2.45, 2.75) is 38.0 Å². The summed E-state index contributed by atoms with van der Waals surface area (Å²) in [6.45, 7) is 4.02. The lowest BCUT2D eigenvalue weighted by Crippen LogP contribution is -2.33. The Kier molecular flexibility index (Phi) is 6.64. The summed E-state index contributed by atoms with van der Waals surface area (Å²) in [5.74, 6) is 1.68. The third kappa shape index (κ3) is 4.50. The highest BCUT2D eigenvalue weighted by Crippen LogP contribution is 2.55. The van der Waals surface area contributed by atoms with Crippen molar-refractivity contribution in [1.82, 2.24) is 4.90 Å². The van der Waals surface area contributed by atoms with Gasteiger partial charge in [0.15, 0.2) is 11.6 Å². The molecule has 0 saturated carbocycles. The maximum atomic E-state index is 15.0. The van der Waals surface area contributed by atoms with Crippen molar-refractivity contribution in [3.8, 4) is 17.2 Å². The van der Waals surface area contributed by atoms with E-state index in [1.807, 2.05) is 12.1 Å². The third-order valence-electron chi connectivity index (χ3n) is 8.16. The van der Waals surface area contributed by atoms with Gasteiger partial charge in [-0.1, -0.05) is 24.6 Å². The predicted molar refractivity (Wildman–Crippen MR) is 145 cm³/mol. The molecular formula is C32H34FNO3. The molecule has 0 amide bonds. The van der Waals surface area contributed by atoms with E-state index >= 15 is 0 Å².